The Morgan fingerprint density at radius 2 is 2.25 bits per heavy atom. The van der Waals surface area contributed by atoms with E-state index >= 15 is 0 Å². The zero-order chi connectivity index (χ0) is 11.7. The first-order valence-corrected chi connectivity index (χ1v) is 5.05. The first kappa shape index (κ1) is 10.6. The van der Waals surface area contributed by atoms with Crippen molar-refractivity contribution in [2.24, 2.45) is 0 Å². The molecule has 0 saturated heterocycles. The first-order valence-electron chi connectivity index (χ1n) is 5.05. The van der Waals surface area contributed by atoms with Crippen molar-refractivity contribution < 1.29 is 4.92 Å². The van der Waals surface area contributed by atoms with Crippen LogP contribution >= 0.6 is 0 Å². The van der Waals surface area contributed by atoms with Crippen LogP contribution in [-0.2, 0) is 0 Å². The molecule has 1 fully saturated rings. The van der Waals surface area contributed by atoms with Gasteiger partial charge in [-0.05, 0) is 12.8 Å². The second kappa shape index (κ2) is 3.92. The van der Waals surface area contributed by atoms with E-state index < -0.39 is 4.92 Å². The Morgan fingerprint density at radius 3 is 2.75 bits per heavy atom. The third-order valence-corrected chi connectivity index (χ3v) is 2.65. The quantitative estimate of drug-likeness (QED) is 0.606. The van der Waals surface area contributed by atoms with Gasteiger partial charge in [-0.2, -0.15) is 0 Å². The van der Waals surface area contributed by atoms with E-state index in [-0.39, 0.29) is 11.5 Å². The van der Waals surface area contributed by atoms with Crippen molar-refractivity contribution in [1.29, 1.82) is 0 Å². The summed E-state index contributed by atoms with van der Waals surface area (Å²) in [6.07, 6.45) is 3.46. The summed E-state index contributed by atoms with van der Waals surface area (Å²) in [6.45, 7) is 0. The summed E-state index contributed by atoms with van der Waals surface area (Å²) < 4.78 is 0. The zero-order valence-corrected chi connectivity index (χ0v) is 9.17. The molecule has 0 amide bonds. The number of aromatic nitrogens is 2. The molecule has 1 N–H and O–H groups in total. The molecule has 1 heterocycles. The SMILES string of the molecule is CNc1ncnc(N(C)C2CC2)c1[N+](=O)[O-]. The third kappa shape index (κ3) is 1.75. The Morgan fingerprint density at radius 1 is 1.56 bits per heavy atom. The Kier molecular flexibility index (Phi) is 2.59. The van der Waals surface area contributed by atoms with Crippen LogP contribution in [0.2, 0.25) is 0 Å². The van der Waals surface area contributed by atoms with Crippen LogP contribution in [-0.4, -0.2) is 35.0 Å². The highest BCUT2D eigenvalue weighted by molar-refractivity contribution is 5.70. The maximum atomic E-state index is 11.0. The van der Waals surface area contributed by atoms with E-state index in [0.717, 1.165) is 12.8 Å². The van der Waals surface area contributed by atoms with Gasteiger partial charge in [0.05, 0.1) is 4.92 Å². The molecule has 1 aliphatic rings. The highest BCUT2D eigenvalue weighted by atomic mass is 16.6. The predicted molar refractivity (Wildman–Crippen MR) is 59.7 cm³/mol. The molecule has 7 nitrogen and oxygen atoms in total. The lowest BCUT2D eigenvalue weighted by Gasteiger charge is -2.17. The summed E-state index contributed by atoms with van der Waals surface area (Å²) in [5.74, 6) is 0.634. The van der Waals surface area contributed by atoms with Crippen molar-refractivity contribution in [3.8, 4) is 0 Å². The van der Waals surface area contributed by atoms with Gasteiger partial charge in [-0.1, -0.05) is 0 Å². The van der Waals surface area contributed by atoms with E-state index in [9.17, 15) is 10.1 Å². The molecule has 1 saturated carbocycles. The zero-order valence-electron chi connectivity index (χ0n) is 9.17. The molecule has 2 rings (SSSR count). The van der Waals surface area contributed by atoms with Gasteiger partial charge in [-0.3, -0.25) is 10.1 Å². The van der Waals surface area contributed by atoms with Crippen LogP contribution in [0.25, 0.3) is 0 Å². The molecule has 86 valence electrons. The van der Waals surface area contributed by atoms with E-state index in [1.54, 1.807) is 7.05 Å². The highest BCUT2D eigenvalue weighted by Gasteiger charge is 2.33. The molecule has 1 aromatic rings. The lowest BCUT2D eigenvalue weighted by molar-refractivity contribution is -0.383. The largest absolute Gasteiger partial charge is 0.367 e. The number of hydrogen-bond acceptors (Lipinski definition) is 6. The van der Waals surface area contributed by atoms with Crippen molar-refractivity contribution in [1.82, 2.24) is 9.97 Å². The van der Waals surface area contributed by atoms with Gasteiger partial charge < -0.3 is 10.2 Å². The van der Waals surface area contributed by atoms with Gasteiger partial charge in [0.15, 0.2) is 0 Å². The van der Waals surface area contributed by atoms with E-state index in [0.29, 0.717) is 11.9 Å². The molecular weight excluding hydrogens is 210 g/mol. The van der Waals surface area contributed by atoms with Crippen LogP contribution in [0.4, 0.5) is 17.3 Å². The monoisotopic (exact) mass is 223 g/mol. The molecule has 16 heavy (non-hydrogen) atoms. The molecule has 0 radical (unpaired) electrons. The van der Waals surface area contributed by atoms with Gasteiger partial charge in [-0.15, -0.1) is 0 Å². The lowest BCUT2D eigenvalue weighted by atomic mass is 10.4. The number of nitrogens with one attached hydrogen (secondary N) is 1. The van der Waals surface area contributed by atoms with Crippen molar-refractivity contribution in [3.05, 3.63) is 16.4 Å². The molecule has 0 spiro atoms. The predicted octanol–water partition coefficient (Wildman–Crippen LogP) is 1.03. The van der Waals surface area contributed by atoms with Crippen molar-refractivity contribution in [3.63, 3.8) is 0 Å². The summed E-state index contributed by atoms with van der Waals surface area (Å²) in [5.41, 5.74) is -0.0561. The van der Waals surface area contributed by atoms with Crippen molar-refractivity contribution in [2.45, 2.75) is 18.9 Å². The van der Waals surface area contributed by atoms with Crippen LogP contribution < -0.4 is 10.2 Å². The normalized spacial score (nSPS) is 14.6. The van der Waals surface area contributed by atoms with Gasteiger partial charge in [0.2, 0.25) is 11.6 Å². The number of nitro groups is 1. The topological polar surface area (TPSA) is 84.2 Å². The van der Waals surface area contributed by atoms with Gasteiger partial charge >= 0.3 is 5.69 Å². The van der Waals surface area contributed by atoms with E-state index in [1.165, 1.54) is 6.33 Å². The van der Waals surface area contributed by atoms with Crippen molar-refractivity contribution in [2.75, 3.05) is 24.3 Å². The average Bonchev–Trinajstić information content (AvgIpc) is 3.10. The number of anilines is 2. The second-order valence-electron chi connectivity index (χ2n) is 3.74. The summed E-state index contributed by atoms with van der Waals surface area (Å²) in [4.78, 5) is 20.3. The number of hydrogen-bond donors (Lipinski definition) is 1. The standard InChI is InChI=1S/C9H13N5O2/c1-10-8-7(14(15)16)9(12-5-11-8)13(2)6-3-4-6/h5-6H,3-4H2,1-2H3,(H,10,11,12). The van der Waals surface area contributed by atoms with E-state index in [4.69, 9.17) is 0 Å². The third-order valence-electron chi connectivity index (χ3n) is 2.65. The Hall–Kier alpha value is -1.92. The minimum Gasteiger partial charge on any atom is -0.367 e. The molecule has 0 aliphatic heterocycles. The Labute approximate surface area is 92.7 Å². The number of rotatable bonds is 4. The Bertz CT molecular complexity index is 418. The fourth-order valence-electron chi connectivity index (χ4n) is 1.61. The van der Waals surface area contributed by atoms with Crippen LogP contribution in [0.1, 0.15) is 12.8 Å². The maximum Gasteiger partial charge on any atom is 0.353 e. The van der Waals surface area contributed by atoms with Crippen LogP contribution in [0.3, 0.4) is 0 Å². The average molecular weight is 223 g/mol. The van der Waals surface area contributed by atoms with Crippen LogP contribution in [0.5, 0.6) is 0 Å². The second-order valence-corrected chi connectivity index (χ2v) is 3.74. The summed E-state index contributed by atoms with van der Waals surface area (Å²) in [6, 6.07) is 0.373. The summed E-state index contributed by atoms with van der Waals surface area (Å²) in [7, 11) is 3.43. The lowest BCUT2D eigenvalue weighted by Crippen LogP contribution is -2.22. The molecule has 7 heteroatoms. The molecule has 0 aromatic carbocycles. The fraction of sp³-hybridized carbons (Fsp3) is 0.556. The van der Waals surface area contributed by atoms with Gasteiger partial charge in [0, 0.05) is 20.1 Å². The molecular formula is C9H13N5O2. The number of nitrogens with zero attached hydrogens (tertiary/aromatic N) is 4. The van der Waals surface area contributed by atoms with E-state index in [2.05, 4.69) is 15.3 Å². The summed E-state index contributed by atoms with van der Waals surface area (Å²) in [5, 5.41) is 13.7. The van der Waals surface area contributed by atoms with Gasteiger partial charge in [0.1, 0.15) is 6.33 Å². The molecule has 1 aliphatic carbocycles. The van der Waals surface area contributed by atoms with Gasteiger partial charge in [-0.25, -0.2) is 9.97 Å². The molecule has 0 bridgehead atoms. The summed E-state index contributed by atoms with van der Waals surface area (Å²) >= 11 is 0. The molecule has 0 atom stereocenters. The molecule has 0 unspecified atom stereocenters. The molecule has 1 aromatic heterocycles. The maximum absolute atomic E-state index is 11.0. The van der Waals surface area contributed by atoms with Crippen molar-refractivity contribution >= 4 is 17.3 Å². The van der Waals surface area contributed by atoms with Crippen LogP contribution in [0, 0.1) is 10.1 Å². The fourth-order valence-corrected chi connectivity index (χ4v) is 1.61. The minimum absolute atomic E-state index is 0.0561. The smallest absolute Gasteiger partial charge is 0.353 e. The highest BCUT2D eigenvalue weighted by Crippen LogP contribution is 2.36. The van der Waals surface area contributed by atoms with Gasteiger partial charge in [0.25, 0.3) is 0 Å². The minimum atomic E-state index is -0.444. The van der Waals surface area contributed by atoms with Crippen LogP contribution in [0.15, 0.2) is 6.33 Å². The first-order chi connectivity index (χ1) is 7.65. The van der Waals surface area contributed by atoms with E-state index in [1.807, 2.05) is 11.9 Å². The Balaban J connectivity index is 2.45.